The normalized spacial score (nSPS) is 10.9. The molecular formula is C12H8ClN3O2. The fourth-order valence-corrected chi connectivity index (χ4v) is 2.07. The van der Waals surface area contributed by atoms with Crippen molar-refractivity contribution in [2.45, 2.75) is 0 Å². The van der Waals surface area contributed by atoms with Crippen molar-refractivity contribution in [1.82, 2.24) is 14.8 Å². The number of aromatic carboxylic acids is 1. The van der Waals surface area contributed by atoms with E-state index in [0.29, 0.717) is 16.2 Å². The first-order valence-electron chi connectivity index (χ1n) is 5.23. The molecule has 3 aromatic rings. The molecule has 90 valence electrons. The van der Waals surface area contributed by atoms with Crippen LogP contribution < -0.4 is 0 Å². The molecule has 6 heteroatoms. The Morgan fingerprint density at radius 3 is 2.67 bits per heavy atom. The third kappa shape index (κ3) is 1.56. The minimum Gasteiger partial charge on any atom is -0.477 e. The van der Waals surface area contributed by atoms with E-state index < -0.39 is 5.97 Å². The maximum atomic E-state index is 10.8. The summed E-state index contributed by atoms with van der Waals surface area (Å²) in [6.45, 7) is 0. The summed E-state index contributed by atoms with van der Waals surface area (Å²) in [6, 6.07) is 10.9. The van der Waals surface area contributed by atoms with E-state index in [0.717, 1.165) is 5.69 Å². The van der Waals surface area contributed by atoms with Crippen LogP contribution in [0.4, 0.5) is 0 Å². The van der Waals surface area contributed by atoms with Gasteiger partial charge in [0.05, 0.1) is 11.1 Å². The zero-order valence-electron chi connectivity index (χ0n) is 9.09. The number of carbonyl (C=O) groups is 1. The van der Waals surface area contributed by atoms with Crippen LogP contribution in [-0.4, -0.2) is 25.8 Å². The molecule has 0 unspecified atom stereocenters. The number of para-hydroxylation sites is 1. The van der Waals surface area contributed by atoms with Gasteiger partial charge in [-0.3, -0.25) is 0 Å². The highest BCUT2D eigenvalue weighted by Gasteiger charge is 2.16. The molecule has 0 bridgehead atoms. The Bertz CT molecular complexity index is 730. The second kappa shape index (κ2) is 3.89. The van der Waals surface area contributed by atoms with E-state index in [1.807, 2.05) is 30.3 Å². The molecule has 0 saturated carbocycles. The van der Waals surface area contributed by atoms with Crippen molar-refractivity contribution >= 4 is 28.6 Å². The molecule has 1 aromatic carbocycles. The van der Waals surface area contributed by atoms with Gasteiger partial charge in [-0.2, -0.15) is 0 Å². The van der Waals surface area contributed by atoms with Crippen molar-refractivity contribution in [3.05, 3.63) is 47.2 Å². The lowest BCUT2D eigenvalue weighted by Crippen LogP contribution is -1.98. The summed E-state index contributed by atoms with van der Waals surface area (Å²) in [6.07, 6.45) is 0. The fourth-order valence-electron chi connectivity index (χ4n) is 1.79. The maximum Gasteiger partial charge on any atom is 0.352 e. The largest absolute Gasteiger partial charge is 0.477 e. The molecular weight excluding hydrogens is 254 g/mol. The zero-order chi connectivity index (χ0) is 12.7. The van der Waals surface area contributed by atoms with Crippen LogP contribution >= 0.6 is 11.6 Å². The Kier molecular flexibility index (Phi) is 2.34. The first-order chi connectivity index (χ1) is 8.66. The third-order valence-electron chi connectivity index (χ3n) is 2.64. The van der Waals surface area contributed by atoms with Crippen LogP contribution in [0.1, 0.15) is 10.5 Å². The molecule has 18 heavy (non-hydrogen) atoms. The summed E-state index contributed by atoms with van der Waals surface area (Å²) in [4.78, 5) is 13.5. The fraction of sp³-hybridized carbons (Fsp3) is 0. The summed E-state index contributed by atoms with van der Waals surface area (Å²) in [7, 11) is 0. The average molecular weight is 262 g/mol. The number of hydrogen-bond acceptors (Lipinski definition) is 2. The van der Waals surface area contributed by atoms with Crippen molar-refractivity contribution in [2.75, 3.05) is 0 Å². The van der Waals surface area contributed by atoms with Gasteiger partial charge in [-0.05, 0) is 18.2 Å². The predicted octanol–water partition coefficient (Wildman–Crippen LogP) is 2.71. The van der Waals surface area contributed by atoms with Crippen LogP contribution in [-0.2, 0) is 0 Å². The molecule has 0 saturated heterocycles. The predicted molar refractivity (Wildman–Crippen MR) is 67.4 cm³/mol. The van der Waals surface area contributed by atoms with Gasteiger partial charge in [-0.1, -0.05) is 29.8 Å². The van der Waals surface area contributed by atoms with Gasteiger partial charge in [-0.25, -0.2) is 9.48 Å². The van der Waals surface area contributed by atoms with Crippen molar-refractivity contribution in [3.63, 3.8) is 0 Å². The summed E-state index contributed by atoms with van der Waals surface area (Å²) in [5, 5.41) is 14.1. The Morgan fingerprint density at radius 2 is 2.06 bits per heavy atom. The first kappa shape index (κ1) is 10.9. The third-order valence-corrected chi connectivity index (χ3v) is 3.00. The van der Waals surface area contributed by atoms with E-state index in [-0.39, 0.29) is 5.69 Å². The van der Waals surface area contributed by atoms with Crippen molar-refractivity contribution in [2.24, 2.45) is 0 Å². The second-order valence-corrected chi connectivity index (χ2v) is 4.15. The van der Waals surface area contributed by atoms with E-state index in [9.17, 15) is 4.79 Å². The molecule has 0 radical (unpaired) electrons. The highest BCUT2D eigenvalue weighted by molar-refractivity contribution is 6.34. The molecule has 0 spiro atoms. The molecule has 2 N–H and O–H groups in total. The quantitative estimate of drug-likeness (QED) is 0.745. The number of fused-ring (bicyclic) bond motifs is 1. The summed E-state index contributed by atoms with van der Waals surface area (Å²) < 4.78 is 1.56. The SMILES string of the molecule is O=C(O)c1cc2c(Cl)n(-c3ccccc3)nc2[nH]1. The minimum absolute atomic E-state index is 0.0783. The number of rotatable bonds is 2. The number of H-pyrrole nitrogens is 1. The number of hydrogen-bond donors (Lipinski definition) is 2. The number of benzene rings is 1. The number of aromatic amines is 1. The maximum absolute atomic E-state index is 10.8. The number of aromatic nitrogens is 3. The second-order valence-electron chi connectivity index (χ2n) is 3.79. The minimum atomic E-state index is -1.03. The summed E-state index contributed by atoms with van der Waals surface area (Å²) >= 11 is 6.20. The molecule has 2 heterocycles. The van der Waals surface area contributed by atoms with E-state index >= 15 is 0 Å². The van der Waals surface area contributed by atoms with Crippen molar-refractivity contribution < 1.29 is 9.90 Å². The standard InChI is InChI=1S/C12H8ClN3O2/c13-10-8-6-9(12(17)18)14-11(8)15-16(10)7-4-2-1-3-5-7/h1-6H,(H,14,15)(H,17,18). The molecule has 0 amide bonds. The lowest BCUT2D eigenvalue weighted by Gasteiger charge is -2.01. The smallest absolute Gasteiger partial charge is 0.352 e. The molecule has 5 nitrogen and oxygen atoms in total. The van der Waals surface area contributed by atoms with Gasteiger partial charge in [0.25, 0.3) is 0 Å². The van der Waals surface area contributed by atoms with E-state index in [2.05, 4.69) is 10.1 Å². The Labute approximate surface area is 107 Å². The van der Waals surface area contributed by atoms with Crippen LogP contribution in [0.5, 0.6) is 0 Å². The van der Waals surface area contributed by atoms with Gasteiger partial charge in [0, 0.05) is 0 Å². The van der Waals surface area contributed by atoms with E-state index in [4.69, 9.17) is 16.7 Å². The van der Waals surface area contributed by atoms with E-state index in [1.165, 1.54) is 6.07 Å². The van der Waals surface area contributed by atoms with E-state index in [1.54, 1.807) is 4.68 Å². The number of halogens is 1. The van der Waals surface area contributed by atoms with Crippen LogP contribution in [0.2, 0.25) is 5.15 Å². The number of nitrogens with zero attached hydrogens (tertiary/aromatic N) is 2. The van der Waals surface area contributed by atoms with Gasteiger partial charge in [0.1, 0.15) is 10.8 Å². The van der Waals surface area contributed by atoms with Gasteiger partial charge < -0.3 is 10.1 Å². The number of carboxylic acids is 1. The number of nitrogens with one attached hydrogen (secondary N) is 1. The first-order valence-corrected chi connectivity index (χ1v) is 5.60. The lowest BCUT2D eigenvalue weighted by atomic mass is 10.3. The molecule has 2 aromatic heterocycles. The monoisotopic (exact) mass is 261 g/mol. The molecule has 0 aliphatic rings. The van der Waals surface area contributed by atoms with Crippen LogP contribution in [0.3, 0.4) is 0 Å². The van der Waals surface area contributed by atoms with Gasteiger partial charge in [-0.15, -0.1) is 5.10 Å². The van der Waals surface area contributed by atoms with Gasteiger partial charge in [0.2, 0.25) is 0 Å². The van der Waals surface area contributed by atoms with Crippen LogP contribution in [0.25, 0.3) is 16.7 Å². The highest BCUT2D eigenvalue weighted by Crippen LogP contribution is 2.26. The van der Waals surface area contributed by atoms with Gasteiger partial charge in [0.15, 0.2) is 5.65 Å². The summed E-state index contributed by atoms with van der Waals surface area (Å²) in [5.74, 6) is -1.03. The van der Waals surface area contributed by atoms with Crippen LogP contribution in [0.15, 0.2) is 36.4 Å². The van der Waals surface area contributed by atoms with Crippen molar-refractivity contribution in [1.29, 1.82) is 0 Å². The molecule has 0 atom stereocenters. The lowest BCUT2D eigenvalue weighted by molar-refractivity contribution is 0.0691. The number of carboxylic acid groups (broad SMARTS) is 1. The topological polar surface area (TPSA) is 70.9 Å². The summed E-state index contributed by atoms with van der Waals surface area (Å²) in [5.41, 5.74) is 1.36. The Morgan fingerprint density at radius 1 is 1.33 bits per heavy atom. The molecule has 0 fully saturated rings. The molecule has 0 aliphatic heterocycles. The Hall–Kier alpha value is -2.27. The van der Waals surface area contributed by atoms with Crippen LogP contribution in [0, 0.1) is 0 Å². The zero-order valence-corrected chi connectivity index (χ0v) is 9.85. The highest BCUT2D eigenvalue weighted by atomic mass is 35.5. The Balaban J connectivity index is 2.19. The molecule has 0 aliphatic carbocycles. The van der Waals surface area contributed by atoms with Gasteiger partial charge >= 0.3 is 5.97 Å². The average Bonchev–Trinajstić information content (AvgIpc) is 2.91. The van der Waals surface area contributed by atoms with Crippen molar-refractivity contribution in [3.8, 4) is 5.69 Å². The molecule has 3 rings (SSSR count).